The van der Waals surface area contributed by atoms with Gasteiger partial charge in [0.25, 0.3) is 0 Å². The maximum Gasteiger partial charge on any atom is 0.155 e. The summed E-state index contributed by atoms with van der Waals surface area (Å²) in [6.07, 6.45) is 6.53. The van der Waals surface area contributed by atoms with E-state index >= 15 is 0 Å². The summed E-state index contributed by atoms with van der Waals surface area (Å²) in [6.45, 7) is 0. The van der Waals surface area contributed by atoms with Crippen LogP contribution in [0.5, 0.6) is 0 Å². The van der Waals surface area contributed by atoms with Gasteiger partial charge in [-0.15, -0.1) is 0 Å². The van der Waals surface area contributed by atoms with Crippen LogP contribution in [0.1, 0.15) is 25.7 Å². The van der Waals surface area contributed by atoms with E-state index in [-0.39, 0.29) is 0 Å². The van der Waals surface area contributed by atoms with Gasteiger partial charge in [-0.05, 0) is 12.8 Å². The van der Waals surface area contributed by atoms with Crippen LogP contribution >= 0.6 is 0 Å². The van der Waals surface area contributed by atoms with Crippen molar-refractivity contribution in [2.75, 3.05) is 23.4 Å². The highest BCUT2D eigenvalue weighted by Crippen LogP contribution is 2.26. The standard InChI is InChI=1S/C10H17N5/c1-12-9-8(11)10(14-6-13-9)15-7-4-2-3-5-7/h6-7H,2-5,11H2,1H3,(H2,12,13,14,15). The van der Waals surface area contributed by atoms with E-state index in [1.54, 1.807) is 7.05 Å². The smallest absolute Gasteiger partial charge is 0.155 e. The fourth-order valence-electron chi connectivity index (χ4n) is 1.97. The summed E-state index contributed by atoms with van der Waals surface area (Å²) in [4.78, 5) is 8.21. The summed E-state index contributed by atoms with van der Waals surface area (Å²) in [5.41, 5.74) is 6.53. The Morgan fingerprint density at radius 1 is 1.27 bits per heavy atom. The third kappa shape index (κ3) is 2.11. The highest BCUT2D eigenvalue weighted by molar-refractivity contribution is 5.73. The molecule has 0 atom stereocenters. The van der Waals surface area contributed by atoms with Gasteiger partial charge < -0.3 is 16.4 Å². The number of anilines is 3. The molecule has 0 unspecified atom stereocenters. The fraction of sp³-hybridized carbons (Fsp3) is 0.600. The van der Waals surface area contributed by atoms with Crippen molar-refractivity contribution in [3.05, 3.63) is 6.33 Å². The van der Waals surface area contributed by atoms with Crippen LogP contribution in [-0.2, 0) is 0 Å². The van der Waals surface area contributed by atoms with Gasteiger partial charge in [-0.3, -0.25) is 0 Å². The lowest BCUT2D eigenvalue weighted by atomic mass is 10.2. The van der Waals surface area contributed by atoms with Crippen molar-refractivity contribution in [2.45, 2.75) is 31.7 Å². The van der Waals surface area contributed by atoms with Gasteiger partial charge in [-0.25, -0.2) is 9.97 Å². The number of nitrogens with two attached hydrogens (primary N) is 1. The number of nitrogens with one attached hydrogen (secondary N) is 2. The third-order valence-electron chi connectivity index (χ3n) is 2.82. The zero-order chi connectivity index (χ0) is 10.7. The van der Waals surface area contributed by atoms with E-state index in [1.807, 2.05) is 0 Å². The van der Waals surface area contributed by atoms with E-state index in [4.69, 9.17) is 5.73 Å². The molecule has 0 aliphatic heterocycles. The van der Waals surface area contributed by atoms with E-state index in [2.05, 4.69) is 20.6 Å². The molecule has 4 N–H and O–H groups in total. The molecule has 2 rings (SSSR count). The molecule has 0 aromatic carbocycles. The first-order valence-corrected chi connectivity index (χ1v) is 5.36. The number of nitrogen functional groups attached to an aromatic ring is 1. The van der Waals surface area contributed by atoms with Gasteiger partial charge in [0.2, 0.25) is 0 Å². The highest BCUT2D eigenvalue weighted by Gasteiger charge is 2.16. The monoisotopic (exact) mass is 207 g/mol. The Morgan fingerprint density at radius 2 is 1.93 bits per heavy atom. The van der Waals surface area contributed by atoms with Crippen molar-refractivity contribution in [1.29, 1.82) is 0 Å². The maximum atomic E-state index is 5.92. The van der Waals surface area contributed by atoms with Crippen molar-refractivity contribution in [1.82, 2.24) is 9.97 Å². The zero-order valence-electron chi connectivity index (χ0n) is 8.95. The Morgan fingerprint density at radius 3 is 2.60 bits per heavy atom. The van der Waals surface area contributed by atoms with Crippen LogP contribution in [0.25, 0.3) is 0 Å². The maximum absolute atomic E-state index is 5.92. The second kappa shape index (κ2) is 4.33. The van der Waals surface area contributed by atoms with Gasteiger partial charge in [0.05, 0.1) is 0 Å². The van der Waals surface area contributed by atoms with E-state index in [0.29, 0.717) is 17.5 Å². The molecule has 0 spiro atoms. The first-order valence-electron chi connectivity index (χ1n) is 5.36. The van der Waals surface area contributed by atoms with Crippen LogP contribution in [0.15, 0.2) is 6.33 Å². The van der Waals surface area contributed by atoms with Crippen molar-refractivity contribution in [2.24, 2.45) is 0 Å². The van der Waals surface area contributed by atoms with Gasteiger partial charge in [0.1, 0.15) is 12.0 Å². The number of rotatable bonds is 3. The number of hydrogen-bond acceptors (Lipinski definition) is 5. The number of aromatic nitrogens is 2. The van der Waals surface area contributed by atoms with Crippen LogP contribution in [0, 0.1) is 0 Å². The molecule has 0 saturated heterocycles. The molecule has 0 amide bonds. The Balaban J connectivity index is 2.13. The summed E-state index contributed by atoms with van der Waals surface area (Å²) in [5.74, 6) is 1.44. The van der Waals surface area contributed by atoms with Gasteiger partial charge in [0, 0.05) is 13.1 Å². The zero-order valence-corrected chi connectivity index (χ0v) is 8.95. The molecule has 0 radical (unpaired) electrons. The number of hydrogen-bond donors (Lipinski definition) is 3. The molecular formula is C10H17N5. The first-order chi connectivity index (χ1) is 7.31. The molecule has 15 heavy (non-hydrogen) atoms. The lowest BCUT2D eigenvalue weighted by Crippen LogP contribution is -2.17. The van der Waals surface area contributed by atoms with Gasteiger partial charge in [-0.1, -0.05) is 12.8 Å². The molecule has 5 heteroatoms. The second-order valence-corrected chi connectivity index (χ2v) is 3.86. The third-order valence-corrected chi connectivity index (χ3v) is 2.82. The molecule has 1 saturated carbocycles. The Hall–Kier alpha value is -1.52. The predicted octanol–water partition coefficient (Wildman–Crippen LogP) is 1.46. The summed E-state index contributed by atoms with van der Waals surface area (Å²) in [6, 6.07) is 0.520. The molecule has 1 aliphatic rings. The molecular weight excluding hydrogens is 190 g/mol. The normalized spacial score (nSPS) is 16.6. The average molecular weight is 207 g/mol. The molecule has 0 bridgehead atoms. The van der Waals surface area contributed by atoms with E-state index in [0.717, 1.165) is 5.82 Å². The molecule has 1 aromatic heterocycles. The lowest BCUT2D eigenvalue weighted by Gasteiger charge is -2.15. The van der Waals surface area contributed by atoms with Crippen molar-refractivity contribution >= 4 is 17.3 Å². The van der Waals surface area contributed by atoms with Crippen molar-refractivity contribution in [3.63, 3.8) is 0 Å². The topological polar surface area (TPSA) is 75.9 Å². The predicted molar refractivity (Wildman–Crippen MR) is 61.9 cm³/mol. The van der Waals surface area contributed by atoms with Crippen LogP contribution in [0.4, 0.5) is 17.3 Å². The summed E-state index contributed by atoms with van der Waals surface area (Å²) in [7, 11) is 1.80. The van der Waals surface area contributed by atoms with Gasteiger partial charge >= 0.3 is 0 Å². The minimum atomic E-state index is 0.520. The summed E-state index contributed by atoms with van der Waals surface area (Å²) >= 11 is 0. The fourth-order valence-corrected chi connectivity index (χ4v) is 1.97. The van der Waals surface area contributed by atoms with Gasteiger partial charge in [0.15, 0.2) is 11.6 Å². The largest absolute Gasteiger partial charge is 0.393 e. The van der Waals surface area contributed by atoms with E-state index in [1.165, 1.54) is 32.0 Å². The highest BCUT2D eigenvalue weighted by atomic mass is 15.1. The molecule has 1 aromatic rings. The molecule has 82 valence electrons. The SMILES string of the molecule is CNc1ncnc(NC2CCCC2)c1N. The Bertz CT molecular complexity index is 333. The van der Waals surface area contributed by atoms with Gasteiger partial charge in [-0.2, -0.15) is 0 Å². The minimum absolute atomic E-state index is 0.520. The molecule has 5 nitrogen and oxygen atoms in total. The summed E-state index contributed by atoms with van der Waals surface area (Å²) < 4.78 is 0. The first kappa shape index (κ1) is 10.0. The van der Waals surface area contributed by atoms with E-state index in [9.17, 15) is 0 Å². The van der Waals surface area contributed by atoms with Crippen LogP contribution in [0.2, 0.25) is 0 Å². The molecule has 1 heterocycles. The Labute approximate surface area is 89.5 Å². The van der Waals surface area contributed by atoms with E-state index < -0.39 is 0 Å². The molecule has 1 aliphatic carbocycles. The second-order valence-electron chi connectivity index (χ2n) is 3.86. The van der Waals surface area contributed by atoms with Crippen LogP contribution in [0.3, 0.4) is 0 Å². The summed E-state index contributed by atoms with van der Waals surface area (Å²) in [5, 5.41) is 6.31. The molecule has 1 fully saturated rings. The quantitative estimate of drug-likeness (QED) is 0.699. The Kier molecular flexibility index (Phi) is 2.89. The van der Waals surface area contributed by atoms with Crippen LogP contribution in [-0.4, -0.2) is 23.1 Å². The minimum Gasteiger partial charge on any atom is -0.393 e. The van der Waals surface area contributed by atoms with Crippen molar-refractivity contribution < 1.29 is 0 Å². The van der Waals surface area contributed by atoms with Crippen LogP contribution < -0.4 is 16.4 Å². The average Bonchev–Trinajstić information content (AvgIpc) is 2.74. The number of nitrogens with zero attached hydrogens (tertiary/aromatic N) is 2. The lowest BCUT2D eigenvalue weighted by molar-refractivity contribution is 0.750. The van der Waals surface area contributed by atoms with Crippen molar-refractivity contribution in [3.8, 4) is 0 Å².